The number of nitrogens with zero attached hydrogens (tertiary/aromatic N) is 1. The number of rotatable bonds is 7. The molecular formula is C10H15N3O4. The summed E-state index contributed by atoms with van der Waals surface area (Å²) in [6.45, 7) is 3.51. The number of imidazole rings is 1. The highest BCUT2D eigenvalue weighted by Gasteiger charge is 2.18. The van der Waals surface area contributed by atoms with E-state index in [-0.39, 0.29) is 11.4 Å². The number of ether oxygens (including phenoxy) is 1. The number of aromatic amines is 1. The Labute approximate surface area is 98.2 Å². The number of carboxylic acid groups (broad SMARTS) is 1. The van der Waals surface area contributed by atoms with Crippen molar-refractivity contribution in [3.8, 4) is 0 Å². The maximum atomic E-state index is 11.6. The number of carbonyl (C=O) groups excluding carboxylic acids is 1. The molecule has 0 unspecified atom stereocenters. The van der Waals surface area contributed by atoms with Crippen LogP contribution in [-0.2, 0) is 4.74 Å². The van der Waals surface area contributed by atoms with Crippen LogP contribution in [-0.4, -0.2) is 46.7 Å². The van der Waals surface area contributed by atoms with Crippen LogP contribution < -0.4 is 5.32 Å². The van der Waals surface area contributed by atoms with Gasteiger partial charge in [-0.15, -0.1) is 0 Å². The zero-order valence-corrected chi connectivity index (χ0v) is 9.52. The van der Waals surface area contributed by atoms with Crippen molar-refractivity contribution in [3.63, 3.8) is 0 Å². The van der Waals surface area contributed by atoms with Crippen molar-refractivity contribution in [1.82, 2.24) is 15.3 Å². The number of H-pyrrole nitrogens is 1. The number of aromatic nitrogens is 2. The number of hydrogen-bond donors (Lipinski definition) is 3. The predicted octanol–water partition coefficient (Wildman–Crippen LogP) is 0.264. The Morgan fingerprint density at radius 2 is 2.35 bits per heavy atom. The van der Waals surface area contributed by atoms with Crippen LogP contribution in [0.2, 0.25) is 0 Å². The van der Waals surface area contributed by atoms with Crippen molar-refractivity contribution < 1.29 is 19.4 Å². The van der Waals surface area contributed by atoms with Gasteiger partial charge in [-0.25, -0.2) is 9.78 Å². The summed E-state index contributed by atoms with van der Waals surface area (Å²) in [6, 6.07) is 0. The summed E-state index contributed by atoms with van der Waals surface area (Å²) in [5.74, 6) is -1.71. The third kappa shape index (κ3) is 3.87. The molecule has 17 heavy (non-hydrogen) atoms. The van der Waals surface area contributed by atoms with Gasteiger partial charge >= 0.3 is 5.97 Å². The highest BCUT2D eigenvalue weighted by atomic mass is 16.5. The average Bonchev–Trinajstić information content (AvgIpc) is 2.77. The molecule has 0 saturated carbocycles. The number of nitrogens with one attached hydrogen (secondary N) is 2. The van der Waals surface area contributed by atoms with Crippen LogP contribution in [0.4, 0.5) is 0 Å². The van der Waals surface area contributed by atoms with E-state index < -0.39 is 11.9 Å². The molecule has 0 atom stereocenters. The van der Waals surface area contributed by atoms with Gasteiger partial charge in [-0.1, -0.05) is 0 Å². The zero-order valence-electron chi connectivity index (χ0n) is 9.52. The van der Waals surface area contributed by atoms with Crippen LogP contribution >= 0.6 is 0 Å². The van der Waals surface area contributed by atoms with Crippen molar-refractivity contribution in [3.05, 3.63) is 17.7 Å². The SMILES string of the molecule is CCOCCCNC(=O)c1nc[nH]c1C(=O)O. The van der Waals surface area contributed by atoms with Gasteiger partial charge in [0.1, 0.15) is 0 Å². The van der Waals surface area contributed by atoms with Crippen LogP contribution in [0, 0.1) is 0 Å². The van der Waals surface area contributed by atoms with E-state index >= 15 is 0 Å². The highest BCUT2D eigenvalue weighted by molar-refractivity contribution is 6.02. The molecule has 94 valence electrons. The second-order valence-corrected chi connectivity index (χ2v) is 3.24. The summed E-state index contributed by atoms with van der Waals surface area (Å²) >= 11 is 0. The van der Waals surface area contributed by atoms with Gasteiger partial charge in [0.05, 0.1) is 6.33 Å². The minimum Gasteiger partial charge on any atom is -0.477 e. The van der Waals surface area contributed by atoms with Crippen LogP contribution in [0.5, 0.6) is 0 Å². The molecule has 0 fully saturated rings. The molecule has 0 saturated heterocycles. The first kappa shape index (κ1) is 13.2. The van der Waals surface area contributed by atoms with E-state index in [1.54, 1.807) is 0 Å². The highest BCUT2D eigenvalue weighted by Crippen LogP contribution is 2.02. The smallest absolute Gasteiger partial charge is 0.354 e. The first-order valence-corrected chi connectivity index (χ1v) is 5.29. The minimum absolute atomic E-state index is 0.103. The lowest BCUT2D eigenvalue weighted by molar-refractivity contribution is 0.0684. The Morgan fingerprint density at radius 1 is 1.59 bits per heavy atom. The van der Waals surface area contributed by atoms with Gasteiger partial charge in [0.25, 0.3) is 5.91 Å². The number of carbonyl (C=O) groups is 2. The Morgan fingerprint density at radius 3 is 3.00 bits per heavy atom. The van der Waals surface area contributed by atoms with Gasteiger partial charge < -0.3 is 20.1 Å². The Bertz CT molecular complexity index is 389. The van der Waals surface area contributed by atoms with Crippen LogP contribution in [0.15, 0.2) is 6.33 Å². The largest absolute Gasteiger partial charge is 0.477 e. The predicted molar refractivity (Wildman–Crippen MR) is 59.0 cm³/mol. The Hall–Kier alpha value is -1.89. The van der Waals surface area contributed by atoms with E-state index in [0.717, 1.165) is 0 Å². The summed E-state index contributed by atoms with van der Waals surface area (Å²) < 4.78 is 5.10. The molecule has 0 aromatic carbocycles. The fraction of sp³-hybridized carbons (Fsp3) is 0.500. The van der Waals surface area contributed by atoms with Crippen molar-refractivity contribution in [2.75, 3.05) is 19.8 Å². The van der Waals surface area contributed by atoms with Gasteiger partial charge in [0, 0.05) is 19.8 Å². The summed E-state index contributed by atoms with van der Waals surface area (Å²) in [5.41, 5.74) is -0.304. The monoisotopic (exact) mass is 241 g/mol. The van der Waals surface area contributed by atoms with Gasteiger partial charge in [0.15, 0.2) is 11.4 Å². The van der Waals surface area contributed by atoms with E-state index in [0.29, 0.717) is 26.2 Å². The topological polar surface area (TPSA) is 104 Å². The van der Waals surface area contributed by atoms with Crippen LogP contribution in [0.3, 0.4) is 0 Å². The molecule has 1 heterocycles. The summed E-state index contributed by atoms with van der Waals surface area (Å²) in [4.78, 5) is 28.4. The molecule has 1 rings (SSSR count). The van der Waals surface area contributed by atoms with E-state index in [2.05, 4.69) is 15.3 Å². The number of aromatic carboxylic acids is 1. The van der Waals surface area contributed by atoms with Crippen molar-refractivity contribution in [2.24, 2.45) is 0 Å². The van der Waals surface area contributed by atoms with Gasteiger partial charge in [-0.2, -0.15) is 0 Å². The lowest BCUT2D eigenvalue weighted by Gasteiger charge is -2.04. The number of amides is 1. The number of carboxylic acids is 1. The van der Waals surface area contributed by atoms with E-state index in [1.807, 2.05) is 6.92 Å². The fourth-order valence-electron chi connectivity index (χ4n) is 1.23. The summed E-state index contributed by atoms with van der Waals surface area (Å²) in [7, 11) is 0. The normalized spacial score (nSPS) is 10.2. The summed E-state index contributed by atoms with van der Waals surface area (Å²) in [6.07, 6.45) is 1.85. The molecule has 7 nitrogen and oxygen atoms in total. The van der Waals surface area contributed by atoms with Crippen molar-refractivity contribution in [2.45, 2.75) is 13.3 Å². The molecule has 1 amide bonds. The average molecular weight is 241 g/mol. The van der Waals surface area contributed by atoms with Crippen LogP contribution in [0.1, 0.15) is 34.3 Å². The van der Waals surface area contributed by atoms with Crippen molar-refractivity contribution >= 4 is 11.9 Å². The molecular weight excluding hydrogens is 226 g/mol. The molecule has 0 aliphatic heterocycles. The third-order valence-electron chi connectivity index (χ3n) is 2.02. The zero-order chi connectivity index (χ0) is 12.7. The third-order valence-corrected chi connectivity index (χ3v) is 2.02. The first-order chi connectivity index (χ1) is 8.16. The van der Waals surface area contributed by atoms with E-state index in [9.17, 15) is 9.59 Å². The standard InChI is InChI=1S/C10H15N3O4/c1-2-17-5-3-4-11-9(14)7-8(10(15)16)13-6-12-7/h6H,2-5H2,1H3,(H,11,14)(H,12,13)(H,15,16). The molecule has 3 N–H and O–H groups in total. The van der Waals surface area contributed by atoms with E-state index in [4.69, 9.17) is 9.84 Å². The molecule has 0 spiro atoms. The van der Waals surface area contributed by atoms with Crippen LogP contribution in [0.25, 0.3) is 0 Å². The van der Waals surface area contributed by atoms with E-state index in [1.165, 1.54) is 6.33 Å². The minimum atomic E-state index is -1.21. The molecule has 7 heteroatoms. The quantitative estimate of drug-likeness (QED) is 0.594. The fourth-order valence-corrected chi connectivity index (χ4v) is 1.23. The van der Waals surface area contributed by atoms with Gasteiger partial charge in [-0.05, 0) is 13.3 Å². The molecule has 1 aromatic rings. The lowest BCUT2D eigenvalue weighted by atomic mass is 10.3. The maximum Gasteiger partial charge on any atom is 0.354 e. The van der Waals surface area contributed by atoms with Gasteiger partial charge in [0.2, 0.25) is 0 Å². The molecule has 0 bridgehead atoms. The Balaban J connectivity index is 2.42. The Kier molecular flexibility index (Phi) is 5.15. The molecule has 0 aliphatic rings. The van der Waals surface area contributed by atoms with Crippen molar-refractivity contribution in [1.29, 1.82) is 0 Å². The molecule has 1 aromatic heterocycles. The molecule has 0 radical (unpaired) electrons. The molecule has 0 aliphatic carbocycles. The summed E-state index contributed by atoms with van der Waals surface area (Å²) in [5, 5.41) is 11.3. The number of hydrogen-bond acceptors (Lipinski definition) is 4. The van der Waals surface area contributed by atoms with Gasteiger partial charge in [-0.3, -0.25) is 4.79 Å². The maximum absolute atomic E-state index is 11.6. The first-order valence-electron chi connectivity index (χ1n) is 5.29. The lowest BCUT2D eigenvalue weighted by Crippen LogP contribution is -2.27. The second kappa shape index (κ2) is 6.64. The second-order valence-electron chi connectivity index (χ2n) is 3.24.